The molecule has 0 aliphatic carbocycles. The van der Waals surface area contributed by atoms with Crippen molar-refractivity contribution in [1.82, 2.24) is 10.3 Å². The predicted octanol–water partition coefficient (Wildman–Crippen LogP) is 6.06. The van der Waals surface area contributed by atoms with E-state index < -0.39 is 19.5 Å². The summed E-state index contributed by atoms with van der Waals surface area (Å²) in [6.07, 6.45) is 12.0. The number of Topliss-reactive ketones (excluding diaryl/α,β-unsaturated/α-hetero) is 1. The largest absolute Gasteiger partial charge is 0.462 e. The van der Waals surface area contributed by atoms with Crippen molar-refractivity contribution in [1.29, 1.82) is 0 Å². The van der Waals surface area contributed by atoms with Gasteiger partial charge in [0.15, 0.2) is 5.78 Å². The highest BCUT2D eigenvalue weighted by Crippen LogP contribution is 2.34. The number of aromatic amines is 1. The zero-order chi connectivity index (χ0) is 34.5. The molecule has 2 unspecified atom stereocenters. The van der Waals surface area contributed by atoms with E-state index in [0.717, 1.165) is 56.1 Å². The summed E-state index contributed by atoms with van der Waals surface area (Å²) in [5.74, 6) is -0.195. The van der Waals surface area contributed by atoms with Gasteiger partial charge in [-0.25, -0.2) is 14.8 Å². The normalized spacial score (nSPS) is 24.3. The van der Waals surface area contributed by atoms with Gasteiger partial charge in [-0.1, -0.05) is 75.5 Å². The number of H-pyrrole nitrogens is 1. The van der Waals surface area contributed by atoms with Crippen LogP contribution < -0.4 is 16.0 Å². The van der Waals surface area contributed by atoms with E-state index in [-0.39, 0.29) is 17.8 Å². The molecule has 2 aromatic carbocycles. The second kappa shape index (κ2) is 12.5. The first-order valence-corrected chi connectivity index (χ1v) is 20.6. The summed E-state index contributed by atoms with van der Waals surface area (Å²) in [5.41, 5.74) is 7.84. The van der Waals surface area contributed by atoms with E-state index in [4.69, 9.17) is 14.7 Å². The van der Waals surface area contributed by atoms with Crippen LogP contribution in [0.5, 0.6) is 0 Å². The van der Waals surface area contributed by atoms with Crippen LogP contribution in [0, 0.1) is 12.3 Å². The van der Waals surface area contributed by atoms with Crippen LogP contribution in [-0.4, -0.2) is 54.9 Å². The lowest BCUT2D eigenvalue weighted by molar-refractivity contribution is -0.124. The molecule has 49 heavy (non-hydrogen) atoms. The number of ether oxygens (including phenoxy) is 1. The number of hydrogen-bond acceptors (Lipinski definition) is 6. The standard InChI is InChI=1S/C41H42N4O3Si/c1-25-7-9-26(10-8-25)37-32-18-16-30(43-32)24-36-41(2,3)39(46)35(45-36)23-29-15-17-31(42-29)38(34-20-19-33(37)44-34)27-11-13-28(14-12-27)40(47)48-21-22-49(4,5)6/h7-20,23-24,35-36,43,45H,21-22H2,1-6H3/b29-23-,30-24-,37-32?,38-34-. The molecular formula is C41H42N4O3Si. The number of nitrogens with zero attached hydrogens (tertiary/aromatic N) is 2. The summed E-state index contributed by atoms with van der Waals surface area (Å²) in [4.78, 5) is 40.4. The number of nitrogens with one attached hydrogen (secondary N) is 2. The fourth-order valence-electron chi connectivity index (χ4n) is 6.56. The van der Waals surface area contributed by atoms with Gasteiger partial charge in [0.1, 0.15) is 0 Å². The van der Waals surface area contributed by atoms with Crippen LogP contribution in [0.3, 0.4) is 0 Å². The molecule has 248 valence electrons. The average Bonchev–Trinajstić information content (AvgIpc) is 3.86. The summed E-state index contributed by atoms with van der Waals surface area (Å²) in [7, 11) is -1.32. The Balaban J connectivity index is 1.38. The van der Waals surface area contributed by atoms with Crippen molar-refractivity contribution >= 4 is 48.5 Å². The van der Waals surface area contributed by atoms with E-state index >= 15 is 0 Å². The number of allylic oxidation sites excluding steroid dienone is 5. The Labute approximate surface area is 288 Å². The third-order valence-electron chi connectivity index (χ3n) is 9.62. The number of benzene rings is 2. The third-order valence-corrected chi connectivity index (χ3v) is 11.3. The number of aromatic nitrogens is 1. The quantitative estimate of drug-likeness (QED) is 0.247. The van der Waals surface area contributed by atoms with E-state index in [1.54, 1.807) is 0 Å². The van der Waals surface area contributed by atoms with Crippen molar-refractivity contribution in [2.24, 2.45) is 15.4 Å². The lowest BCUT2D eigenvalue weighted by Crippen LogP contribution is -2.34. The number of esters is 1. The van der Waals surface area contributed by atoms with E-state index in [1.807, 2.05) is 62.4 Å². The minimum atomic E-state index is -1.32. The summed E-state index contributed by atoms with van der Waals surface area (Å²) in [6.45, 7) is 13.3. The van der Waals surface area contributed by atoms with E-state index in [9.17, 15) is 9.59 Å². The number of carbonyl (C=O) groups excluding carboxylic acids is 2. The van der Waals surface area contributed by atoms with Crippen molar-refractivity contribution < 1.29 is 14.3 Å². The van der Waals surface area contributed by atoms with E-state index in [2.05, 4.69) is 85.4 Å². The van der Waals surface area contributed by atoms with Gasteiger partial charge < -0.3 is 9.72 Å². The molecule has 0 spiro atoms. The molecule has 3 aromatic rings. The summed E-state index contributed by atoms with van der Waals surface area (Å²) in [6, 6.07) is 20.4. The molecule has 8 bridgehead atoms. The van der Waals surface area contributed by atoms with Crippen molar-refractivity contribution in [3.8, 4) is 0 Å². The number of carbonyl (C=O) groups is 2. The number of aliphatic imine (C=N–C) groups is 2. The number of fused-ring (bicyclic) bond motifs is 6. The van der Waals surface area contributed by atoms with Gasteiger partial charge in [0, 0.05) is 41.4 Å². The minimum absolute atomic E-state index is 0.125. The van der Waals surface area contributed by atoms with Crippen LogP contribution in [0.1, 0.15) is 40.9 Å². The molecule has 7 rings (SSSR count). The first-order chi connectivity index (χ1) is 23.4. The second-order valence-electron chi connectivity index (χ2n) is 15.0. The van der Waals surface area contributed by atoms with Gasteiger partial charge in [0.05, 0.1) is 41.0 Å². The summed E-state index contributed by atoms with van der Waals surface area (Å²) >= 11 is 0. The zero-order valence-electron chi connectivity index (χ0n) is 28.9. The molecule has 5 heterocycles. The Kier molecular flexibility index (Phi) is 8.33. The lowest BCUT2D eigenvalue weighted by atomic mass is 9.82. The highest BCUT2D eigenvalue weighted by atomic mass is 28.3. The molecule has 0 amide bonds. The Morgan fingerprint density at radius 3 is 2.24 bits per heavy atom. The van der Waals surface area contributed by atoms with Crippen LogP contribution in [0.2, 0.25) is 25.7 Å². The van der Waals surface area contributed by atoms with Crippen LogP contribution in [0.4, 0.5) is 0 Å². The second-order valence-corrected chi connectivity index (χ2v) is 20.6. The summed E-state index contributed by atoms with van der Waals surface area (Å²) in [5, 5.41) is 5.42. The molecule has 4 aliphatic heterocycles. The van der Waals surface area contributed by atoms with Crippen LogP contribution in [-0.2, 0) is 9.53 Å². The highest BCUT2D eigenvalue weighted by Gasteiger charge is 2.46. The Morgan fingerprint density at radius 2 is 1.51 bits per heavy atom. The van der Waals surface area contributed by atoms with Crippen LogP contribution in [0.15, 0.2) is 112 Å². The van der Waals surface area contributed by atoms with Gasteiger partial charge in [0.2, 0.25) is 0 Å². The lowest BCUT2D eigenvalue weighted by Gasteiger charge is -2.21. The van der Waals surface area contributed by atoms with Gasteiger partial charge in [-0.05, 0) is 84.8 Å². The van der Waals surface area contributed by atoms with Crippen molar-refractivity contribution in [2.45, 2.75) is 58.5 Å². The topological polar surface area (TPSA) is 95.9 Å². The smallest absolute Gasteiger partial charge is 0.338 e. The molecule has 7 nitrogen and oxygen atoms in total. The molecule has 0 radical (unpaired) electrons. The molecule has 1 fully saturated rings. The monoisotopic (exact) mass is 666 g/mol. The van der Waals surface area contributed by atoms with Crippen LogP contribution in [0.25, 0.3) is 17.2 Å². The van der Waals surface area contributed by atoms with Gasteiger partial charge in [-0.3, -0.25) is 10.1 Å². The molecular weight excluding hydrogens is 625 g/mol. The molecule has 1 saturated heterocycles. The van der Waals surface area contributed by atoms with Crippen molar-refractivity contribution in [3.05, 3.63) is 135 Å². The fourth-order valence-corrected chi connectivity index (χ4v) is 7.28. The van der Waals surface area contributed by atoms with Gasteiger partial charge in [0.25, 0.3) is 0 Å². The zero-order valence-corrected chi connectivity index (χ0v) is 29.9. The third kappa shape index (κ3) is 6.58. The Hall–Kier alpha value is -4.92. The van der Waals surface area contributed by atoms with E-state index in [1.165, 1.54) is 5.56 Å². The van der Waals surface area contributed by atoms with Gasteiger partial charge >= 0.3 is 5.97 Å². The average molecular weight is 667 g/mol. The Morgan fingerprint density at radius 1 is 0.837 bits per heavy atom. The van der Waals surface area contributed by atoms with E-state index in [0.29, 0.717) is 17.9 Å². The van der Waals surface area contributed by atoms with Gasteiger partial charge in [-0.15, -0.1) is 0 Å². The molecule has 0 saturated carbocycles. The van der Waals surface area contributed by atoms with Gasteiger partial charge in [-0.2, -0.15) is 0 Å². The molecule has 2 atom stereocenters. The SMILES string of the molecule is Cc1ccc(C2=c3cc/c([nH]3)=C/C3NC(/C=C4/C=CC(=N4)/C(c4ccc(C(=O)OCC[Si](C)(C)C)cc4)=C4/C=CC2=N4)C(=O)C3(C)C)cc1. The predicted molar refractivity (Wildman–Crippen MR) is 201 cm³/mol. The Bertz CT molecular complexity index is 2170. The molecule has 2 N–H and O–H groups in total. The summed E-state index contributed by atoms with van der Waals surface area (Å²) < 4.78 is 5.61. The number of rotatable bonds is 6. The number of aryl methyl sites for hydroxylation is 1. The molecule has 4 aliphatic rings. The maximum atomic E-state index is 13.7. The molecule has 1 aromatic heterocycles. The first kappa shape index (κ1) is 32.6. The minimum Gasteiger partial charge on any atom is -0.462 e. The fraction of sp³-hybridized carbons (Fsp3) is 0.268. The van der Waals surface area contributed by atoms with Crippen LogP contribution >= 0.6 is 0 Å². The van der Waals surface area contributed by atoms with Crippen molar-refractivity contribution in [2.75, 3.05) is 6.61 Å². The number of hydrogen-bond donors (Lipinski definition) is 2. The van der Waals surface area contributed by atoms with Crippen molar-refractivity contribution in [3.63, 3.8) is 0 Å². The maximum absolute atomic E-state index is 13.7. The molecule has 8 heteroatoms. The maximum Gasteiger partial charge on any atom is 0.338 e. The highest BCUT2D eigenvalue weighted by molar-refractivity contribution is 6.76. The first-order valence-electron chi connectivity index (χ1n) is 16.9. The number of ketones is 1.